The van der Waals surface area contributed by atoms with Gasteiger partial charge in [-0.3, -0.25) is 19.4 Å². The topological polar surface area (TPSA) is 99.4 Å². The number of aromatic hydroxyl groups is 1. The molecule has 58 heavy (non-hydrogen) atoms. The average molecular weight is 798 g/mol. The number of fused-ring (bicyclic) bond motifs is 4. The van der Waals surface area contributed by atoms with Crippen molar-refractivity contribution in [3.8, 4) is 28.5 Å². The summed E-state index contributed by atoms with van der Waals surface area (Å²) >= 11 is 0. The molecule has 0 bridgehead atoms. The Balaban J connectivity index is 0.00000436. The summed E-state index contributed by atoms with van der Waals surface area (Å²) in [6, 6.07) is 32.5. The summed E-state index contributed by atoms with van der Waals surface area (Å²) in [5, 5.41) is 10.2. The van der Waals surface area contributed by atoms with E-state index in [0.717, 1.165) is 56.0 Å². The van der Waals surface area contributed by atoms with Crippen LogP contribution >= 0.6 is 12.4 Å². The van der Waals surface area contributed by atoms with Crippen molar-refractivity contribution >= 4 is 46.8 Å². The van der Waals surface area contributed by atoms with Gasteiger partial charge in [-0.25, -0.2) is 0 Å². The number of morpholine rings is 1. The molecule has 4 aromatic carbocycles. The molecule has 1 saturated heterocycles. The number of halogens is 1. The third-order valence-corrected chi connectivity index (χ3v) is 11.9. The van der Waals surface area contributed by atoms with Crippen LogP contribution in [0.15, 0.2) is 109 Å². The zero-order chi connectivity index (χ0) is 38.6. The Morgan fingerprint density at radius 2 is 1.53 bits per heavy atom. The zero-order valence-corrected chi connectivity index (χ0v) is 33.0. The van der Waals surface area contributed by atoms with Crippen molar-refractivity contribution in [2.75, 3.05) is 63.0 Å². The molecule has 12 heteroatoms. The summed E-state index contributed by atoms with van der Waals surface area (Å²) in [6.07, 6.45) is 3.56. The maximum absolute atomic E-state index is 15.2. The van der Waals surface area contributed by atoms with Crippen LogP contribution in [0.25, 0.3) is 16.8 Å². The standard InChI is InChI=1S/C46H43N5O6.ClH/c1-47-17-15-31-23-34(11-14-40(31)47)51(33-9-12-36(52)13-10-33)46(54)39-24-42(49-16-5-4-8-41(39)49)37-25-43-44(57-29-56-43)26-38(37)45(53)50-27-32-7-3-2-6-30(32)22-35(50)28-48-18-20-55-21-19-48;/h2-14,16,23-26,35,52H,15,17-22,27-29H2,1H3;1H/t35-;/m0./s1. The van der Waals surface area contributed by atoms with Crippen LogP contribution in [0, 0.1) is 0 Å². The number of benzene rings is 4. The third kappa shape index (κ3) is 6.68. The summed E-state index contributed by atoms with van der Waals surface area (Å²) < 4.78 is 19.4. The van der Waals surface area contributed by atoms with E-state index in [1.54, 1.807) is 35.2 Å². The van der Waals surface area contributed by atoms with Crippen LogP contribution < -0.4 is 19.3 Å². The molecule has 1 fully saturated rings. The summed E-state index contributed by atoms with van der Waals surface area (Å²) in [5.74, 6) is 0.824. The number of phenolic OH excluding ortho intramolecular Hbond substituents is 1. The molecular formula is C46H44ClN5O6. The average Bonchev–Trinajstić information content (AvgIpc) is 3.97. The lowest BCUT2D eigenvalue weighted by atomic mass is 9.92. The number of carbonyl (C=O) groups excluding carboxylic acids is 2. The number of hydrogen-bond donors (Lipinski definition) is 1. The minimum atomic E-state index is -0.242. The summed E-state index contributed by atoms with van der Waals surface area (Å²) in [7, 11) is 2.08. The number of amides is 2. The van der Waals surface area contributed by atoms with Crippen LogP contribution in [0.4, 0.5) is 17.1 Å². The molecular weight excluding hydrogens is 754 g/mol. The van der Waals surface area contributed by atoms with Crippen LogP contribution in [0.5, 0.6) is 17.2 Å². The van der Waals surface area contributed by atoms with Crippen molar-refractivity contribution in [3.05, 3.63) is 137 Å². The van der Waals surface area contributed by atoms with Gasteiger partial charge in [0.15, 0.2) is 11.5 Å². The summed E-state index contributed by atoms with van der Waals surface area (Å²) in [4.78, 5) is 38.7. The van der Waals surface area contributed by atoms with Crippen LogP contribution in [0.1, 0.15) is 37.4 Å². The largest absolute Gasteiger partial charge is 0.508 e. The van der Waals surface area contributed by atoms with Crippen molar-refractivity contribution in [2.45, 2.75) is 25.4 Å². The number of rotatable bonds is 7. The fourth-order valence-electron chi connectivity index (χ4n) is 8.89. The van der Waals surface area contributed by atoms with Gasteiger partial charge in [-0.05, 0) is 102 Å². The molecule has 0 unspecified atom stereocenters. The first-order valence-electron chi connectivity index (χ1n) is 19.6. The van der Waals surface area contributed by atoms with Gasteiger partial charge in [0.25, 0.3) is 11.8 Å². The van der Waals surface area contributed by atoms with E-state index < -0.39 is 0 Å². The van der Waals surface area contributed by atoms with Gasteiger partial charge < -0.3 is 33.5 Å². The monoisotopic (exact) mass is 797 g/mol. The number of aromatic nitrogens is 1. The highest BCUT2D eigenvalue weighted by Crippen LogP contribution is 2.42. The number of hydrogen-bond acceptors (Lipinski definition) is 8. The fourth-order valence-corrected chi connectivity index (χ4v) is 8.89. The molecule has 10 rings (SSSR count). The molecule has 296 valence electrons. The lowest BCUT2D eigenvalue weighted by Gasteiger charge is -2.40. The maximum atomic E-state index is 15.2. The molecule has 6 heterocycles. The molecule has 0 aliphatic carbocycles. The minimum Gasteiger partial charge on any atom is -0.508 e. The minimum absolute atomic E-state index is 0. The van der Waals surface area contributed by atoms with E-state index in [1.165, 1.54) is 11.1 Å². The number of ether oxygens (including phenoxy) is 3. The van der Waals surface area contributed by atoms with Crippen LogP contribution in [0.3, 0.4) is 0 Å². The van der Waals surface area contributed by atoms with Crippen LogP contribution in [-0.2, 0) is 24.1 Å². The van der Waals surface area contributed by atoms with Gasteiger partial charge >= 0.3 is 0 Å². The Labute approximate surface area is 343 Å². The molecule has 1 atom stereocenters. The Morgan fingerprint density at radius 1 is 0.793 bits per heavy atom. The predicted octanol–water partition coefficient (Wildman–Crippen LogP) is 7.33. The molecule has 0 radical (unpaired) electrons. The smallest absolute Gasteiger partial charge is 0.265 e. The van der Waals surface area contributed by atoms with Crippen molar-refractivity contribution in [2.24, 2.45) is 0 Å². The summed E-state index contributed by atoms with van der Waals surface area (Å²) in [5.41, 5.74) is 9.03. The molecule has 6 aromatic rings. The van der Waals surface area contributed by atoms with E-state index in [4.69, 9.17) is 14.2 Å². The number of likely N-dealkylation sites (N-methyl/N-ethyl adjacent to an activating group) is 1. The highest BCUT2D eigenvalue weighted by molar-refractivity contribution is 6.16. The van der Waals surface area contributed by atoms with Crippen molar-refractivity contribution in [1.82, 2.24) is 14.2 Å². The van der Waals surface area contributed by atoms with Gasteiger partial charge in [0.1, 0.15) is 5.75 Å². The van der Waals surface area contributed by atoms with Gasteiger partial charge in [-0.1, -0.05) is 30.3 Å². The molecule has 2 aromatic heterocycles. The van der Waals surface area contributed by atoms with Gasteiger partial charge in [0.05, 0.1) is 35.6 Å². The number of anilines is 3. The van der Waals surface area contributed by atoms with Gasteiger partial charge in [0, 0.05) is 74.6 Å². The van der Waals surface area contributed by atoms with E-state index in [2.05, 4.69) is 47.2 Å². The Morgan fingerprint density at radius 3 is 2.34 bits per heavy atom. The summed E-state index contributed by atoms with van der Waals surface area (Å²) in [6.45, 7) is 5.20. The van der Waals surface area contributed by atoms with Crippen molar-refractivity contribution in [1.29, 1.82) is 0 Å². The normalized spacial score (nSPS) is 17.2. The highest BCUT2D eigenvalue weighted by Gasteiger charge is 2.35. The number of phenols is 1. The molecule has 2 amide bonds. The molecule has 1 N–H and O–H groups in total. The quantitative estimate of drug-likeness (QED) is 0.179. The highest BCUT2D eigenvalue weighted by atomic mass is 35.5. The zero-order valence-electron chi connectivity index (χ0n) is 32.2. The van der Waals surface area contributed by atoms with Gasteiger partial charge in [-0.2, -0.15) is 0 Å². The second kappa shape index (κ2) is 15.4. The van der Waals surface area contributed by atoms with E-state index in [9.17, 15) is 5.11 Å². The van der Waals surface area contributed by atoms with Crippen molar-refractivity contribution in [3.63, 3.8) is 0 Å². The lowest BCUT2D eigenvalue weighted by Crippen LogP contribution is -2.52. The second-order valence-corrected chi connectivity index (χ2v) is 15.3. The fraction of sp³-hybridized carbons (Fsp3) is 0.261. The number of carbonyl (C=O) groups is 2. The molecule has 0 saturated carbocycles. The van der Waals surface area contributed by atoms with Crippen molar-refractivity contribution < 1.29 is 28.9 Å². The van der Waals surface area contributed by atoms with E-state index in [0.29, 0.717) is 64.8 Å². The second-order valence-electron chi connectivity index (χ2n) is 15.3. The van der Waals surface area contributed by atoms with Crippen LogP contribution in [0.2, 0.25) is 0 Å². The van der Waals surface area contributed by atoms with E-state index in [1.807, 2.05) is 58.0 Å². The third-order valence-electron chi connectivity index (χ3n) is 11.9. The molecule has 4 aliphatic heterocycles. The predicted molar refractivity (Wildman–Crippen MR) is 225 cm³/mol. The van der Waals surface area contributed by atoms with Gasteiger partial charge in [0.2, 0.25) is 6.79 Å². The number of nitrogens with zero attached hydrogens (tertiary/aromatic N) is 5. The first-order chi connectivity index (χ1) is 27.9. The maximum Gasteiger partial charge on any atom is 0.265 e. The molecule has 4 aliphatic rings. The lowest BCUT2D eigenvalue weighted by molar-refractivity contribution is 0.0193. The SMILES string of the molecule is CN1CCc2cc(N(C(=O)c3cc(-c4cc5c(cc4C(=O)N4Cc6ccccc6C[C@H]4CN4CCOCC4)OCO5)n4ccccc34)c3ccc(O)cc3)ccc21.Cl. The Hall–Kier alpha value is -6.01. The Kier molecular flexibility index (Phi) is 9.97. The first-order valence-corrected chi connectivity index (χ1v) is 19.6. The van der Waals surface area contributed by atoms with E-state index >= 15 is 9.59 Å². The Bertz CT molecular complexity index is 2530. The molecule has 0 spiro atoms. The van der Waals surface area contributed by atoms with E-state index in [-0.39, 0.29) is 42.8 Å². The number of pyridine rings is 1. The first kappa shape index (κ1) is 37.6. The van der Waals surface area contributed by atoms with Gasteiger partial charge in [-0.15, -0.1) is 12.4 Å². The van der Waals surface area contributed by atoms with Crippen LogP contribution in [-0.4, -0.2) is 90.4 Å². The molecule has 11 nitrogen and oxygen atoms in total.